The number of benzene rings is 1. The Morgan fingerprint density at radius 1 is 1.41 bits per heavy atom. The minimum absolute atomic E-state index is 0.0754. The van der Waals surface area contributed by atoms with E-state index < -0.39 is 0 Å². The van der Waals surface area contributed by atoms with Crippen molar-refractivity contribution in [1.82, 2.24) is 14.9 Å². The maximum Gasteiger partial charge on any atom is 0.264 e. The molecule has 2 aromatic heterocycles. The first kappa shape index (κ1) is 13.5. The highest BCUT2D eigenvalue weighted by Crippen LogP contribution is 2.34. The van der Waals surface area contributed by atoms with Crippen LogP contribution in [0.1, 0.15) is 40.1 Å². The quantitative estimate of drug-likeness (QED) is 0.780. The molecule has 1 aromatic carbocycles. The van der Waals surface area contributed by atoms with Crippen molar-refractivity contribution in [1.29, 1.82) is 0 Å². The molecular weight excluding hydrogens is 294 g/mol. The monoisotopic (exact) mass is 311 g/mol. The zero-order valence-electron chi connectivity index (χ0n) is 12.4. The Hall–Kier alpha value is -2.14. The van der Waals surface area contributed by atoms with Gasteiger partial charge in [0, 0.05) is 23.1 Å². The number of imidazole rings is 1. The zero-order valence-corrected chi connectivity index (χ0v) is 13.2. The summed E-state index contributed by atoms with van der Waals surface area (Å²) in [5.74, 6) is 1.03. The van der Waals surface area contributed by atoms with Gasteiger partial charge in [-0.3, -0.25) is 4.79 Å². The van der Waals surface area contributed by atoms with Crippen molar-refractivity contribution in [3.8, 4) is 0 Å². The van der Waals surface area contributed by atoms with Crippen molar-refractivity contribution in [2.75, 3.05) is 6.54 Å². The Morgan fingerprint density at radius 3 is 3.05 bits per heavy atom. The number of rotatable bonds is 2. The Bertz CT molecular complexity index is 802. The van der Waals surface area contributed by atoms with Crippen LogP contribution in [0.25, 0.3) is 10.1 Å². The third kappa shape index (κ3) is 2.22. The molecule has 22 heavy (non-hydrogen) atoms. The third-order valence-corrected chi connectivity index (χ3v) is 5.29. The summed E-state index contributed by atoms with van der Waals surface area (Å²) in [5, 5.41) is 1.14. The smallest absolute Gasteiger partial charge is 0.264 e. The molecule has 5 heteroatoms. The number of fused-ring (bicyclic) bond motifs is 1. The van der Waals surface area contributed by atoms with E-state index in [2.05, 4.69) is 22.1 Å². The normalized spacial score (nSPS) is 18.2. The van der Waals surface area contributed by atoms with Gasteiger partial charge >= 0.3 is 0 Å². The van der Waals surface area contributed by atoms with Crippen LogP contribution in [-0.4, -0.2) is 27.3 Å². The van der Waals surface area contributed by atoms with Crippen molar-refractivity contribution in [3.63, 3.8) is 0 Å². The molecule has 112 valence electrons. The molecule has 1 saturated heterocycles. The summed E-state index contributed by atoms with van der Waals surface area (Å²) in [6.45, 7) is 2.79. The Balaban J connectivity index is 1.66. The Labute approximate surface area is 132 Å². The summed E-state index contributed by atoms with van der Waals surface area (Å²) in [7, 11) is 0. The van der Waals surface area contributed by atoms with Crippen molar-refractivity contribution in [2.45, 2.75) is 25.8 Å². The molecule has 1 unspecified atom stereocenters. The summed E-state index contributed by atoms with van der Waals surface area (Å²) in [5.41, 5.74) is 1.04. The first-order valence-corrected chi connectivity index (χ1v) is 8.35. The van der Waals surface area contributed by atoms with Crippen LogP contribution < -0.4 is 0 Å². The lowest BCUT2D eigenvalue weighted by molar-refractivity contribution is 0.0735. The second-order valence-electron chi connectivity index (χ2n) is 5.76. The number of aromatic amines is 1. The maximum absolute atomic E-state index is 12.9. The van der Waals surface area contributed by atoms with Gasteiger partial charge in [-0.1, -0.05) is 18.2 Å². The van der Waals surface area contributed by atoms with Gasteiger partial charge in [-0.15, -0.1) is 11.3 Å². The lowest BCUT2D eigenvalue weighted by atomic mass is 10.2. The molecule has 0 radical (unpaired) electrons. The van der Waals surface area contributed by atoms with Gasteiger partial charge in [0.1, 0.15) is 5.82 Å². The van der Waals surface area contributed by atoms with Gasteiger partial charge in [0.05, 0.1) is 10.9 Å². The van der Waals surface area contributed by atoms with Crippen LogP contribution in [0.15, 0.2) is 36.5 Å². The third-order valence-electron chi connectivity index (χ3n) is 4.19. The van der Waals surface area contributed by atoms with Gasteiger partial charge in [0.25, 0.3) is 5.91 Å². The van der Waals surface area contributed by atoms with Crippen LogP contribution >= 0.6 is 11.3 Å². The number of thiophene rings is 1. The van der Waals surface area contributed by atoms with Gasteiger partial charge in [0.2, 0.25) is 0 Å². The Kier molecular flexibility index (Phi) is 3.22. The second-order valence-corrected chi connectivity index (χ2v) is 6.84. The average Bonchev–Trinajstić information content (AvgIpc) is 3.24. The molecule has 0 spiro atoms. The fourth-order valence-electron chi connectivity index (χ4n) is 3.13. The summed E-state index contributed by atoms with van der Waals surface area (Å²) >= 11 is 1.57. The SMILES string of the molecule is Cc1cnc(C2CCCN2C(=O)c2cc3ccccc3s2)[nH]1. The molecule has 4 nitrogen and oxygen atoms in total. The molecule has 1 fully saturated rings. The van der Waals surface area contributed by atoms with Crippen molar-refractivity contribution >= 4 is 27.3 Å². The fraction of sp³-hybridized carbons (Fsp3) is 0.294. The maximum atomic E-state index is 12.9. The van der Waals surface area contributed by atoms with E-state index in [1.807, 2.05) is 36.2 Å². The van der Waals surface area contributed by atoms with Crippen LogP contribution in [0.4, 0.5) is 0 Å². The molecular formula is C17H17N3OS. The van der Waals surface area contributed by atoms with E-state index in [1.165, 1.54) is 0 Å². The highest BCUT2D eigenvalue weighted by Gasteiger charge is 2.33. The number of nitrogens with one attached hydrogen (secondary N) is 1. The predicted octanol–water partition coefficient (Wildman–Crippen LogP) is 3.91. The van der Waals surface area contributed by atoms with Gasteiger partial charge in [0.15, 0.2) is 0 Å². The molecule has 3 aromatic rings. The molecule has 4 rings (SSSR count). The number of hydrogen-bond donors (Lipinski definition) is 1. The zero-order chi connectivity index (χ0) is 15.1. The van der Waals surface area contributed by atoms with Crippen LogP contribution in [0.3, 0.4) is 0 Å². The number of aromatic nitrogens is 2. The standard InChI is InChI=1S/C17H17N3OS/c1-11-10-18-16(19-11)13-6-4-8-20(13)17(21)15-9-12-5-2-3-7-14(12)22-15/h2-3,5,7,9-10,13H,4,6,8H2,1H3,(H,18,19). The lowest BCUT2D eigenvalue weighted by Crippen LogP contribution is -2.30. The minimum Gasteiger partial charge on any atom is -0.344 e. The summed E-state index contributed by atoms with van der Waals surface area (Å²) < 4.78 is 1.16. The van der Waals surface area contributed by atoms with Crippen LogP contribution in [0.2, 0.25) is 0 Å². The molecule has 1 N–H and O–H groups in total. The number of carbonyl (C=O) groups is 1. The first-order valence-electron chi connectivity index (χ1n) is 7.53. The fourth-order valence-corrected chi connectivity index (χ4v) is 4.14. The summed E-state index contributed by atoms with van der Waals surface area (Å²) in [4.78, 5) is 23.4. The molecule has 1 atom stereocenters. The lowest BCUT2D eigenvalue weighted by Gasteiger charge is -2.22. The van der Waals surface area contributed by atoms with Gasteiger partial charge in [-0.2, -0.15) is 0 Å². The molecule has 0 aliphatic carbocycles. The number of amides is 1. The summed E-state index contributed by atoms with van der Waals surface area (Å²) in [6.07, 6.45) is 3.83. The minimum atomic E-state index is 0.0754. The van der Waals surface area contributed by atoms with Gasteiger partial charge in [-0.05, 0) is 37.3 Å². The van der Waals surface area contributed by atoms with E-state index in [4.69, 9.17) is 0 Å². The first-order chi connectivity index (χ1) is 10.7. The molecule has 0 saturated carbocycles. The molecule has 1 aliphatic rings. The van der Waals surface area contributed by atoms with Gasteiger partial charge in [-0.25, -0.2) is 4.98 Å². The van der Waals surface area contributed by atoms with E-state index in [1.54, 1.807) is 11.3 Å². The van der Waals surface area contributed by atoms with Crippen molar-refractivity contribution in [2.24, 2.45) is 0 Å². The summed E-state index contributed by atoms with van der Waals surface area (Å²) in [6, 6.07) is 10.2. The van der Waals surface area contributed by atoms with Crippen LogP contribution in [-0.2, 0) is 0 Å². The molecule has 1 aliphatic heterocycles. The molecule has 0 bridgehead atoms. The molecule has 1 amide bonds. The highest BCUT2D eigenvalue weighted by atomic mass is 32.1. The van der Waals surface area contributed by atoms with E-state index in [-0.39, 0.29) is 11.9 Å². The van der Waals surface area contributed by atoms with Crippen molar-refractivity contribution < 1.29 is 4.79 Å². The highest BCUT2D eigenvalue weighted by molar-refractivity contribution is 7.20. The topological polar surface area (TPSA) is 49.0 Å². The number of H-pyrrole nitrogens is 1. The average molecular weight is 311 g/mol. The van der Waals surface area contributed by atoms with Gasteiger partial charge < -0.3 is 9.88 Å². The van der Waals surface area contributed by atoms with E-state index >= 15 is 0 Å². The molecule has 3 heterocycles. The number of aryl methyl sites for hydroxylation is 1. The number of hydrogen-bond acceptors (Lipinski definition) is 3. The van der Waals surface area contributed by atoms with E-state index in [9.17, 15) is 4.79 Å². The second kappa shape index (κ2) is 5.25. The van der Waals surface area contributed by atoms with Crippen LogP contribution in [0, 0.1) is 6.92 Å². The Morgan fingerprint density at radius 2 is 2.27 bits per heavy atom. The van der Waals surface area contributed by atoms with Crippen molar-refractivity contribution in [3.05, 3.63) is 52.9 Å². The largest absolute Gasteiger partial charge is 0.344 e. The number of nitrogens with zero attached hydrogens (tertiary/aromatic N) is 2. The number of likely N-dealkylation sites (tertiary alicyclic amines) is 1. The predicted molar refractivity (Wildman–Crippen MR) is 88.2 cm³/mol. The van der Waals surface area contributed by atoms with E-state index in [0.29, 0.717) is 0 Å². The number of carbonyl (C=O) groups excluding carboxylic acids is 1. The van der Waals surface area contributed by atoms with E-state index in [0.717, 1.165) is 45.9 Å². The van der Waals surface area contributed by atoms with Crippen LogP contribution in [0.5, 0.6) is 0 Å².